The summed E-state index contributed by atoms with van der Waals surface area (Å²) in [4.78, 5) is 14.0. The van der Waals surface area contributed by atoms with Crippen molar-refractivity contribution in [3.8, 4) is 0 Å². The van der Waals surface area contributed by atoms with Gasteiger partial charge in [0.25, 0.3) is 0 Å². The Hall–Kier alpha value is -1.74. The number of benzene rings is 2. The number of hydrogen-bond donors (Lipinski definition) is 0. The monoisotopic (exact) mass is 300 g/mol. The predicted molar refractivity (Wildman–Crippen MR) is 87.1 cm³/mol. The molecule has 0 aromatic heterocycles. The lowest BCUT2D eigenvalue weighted by molar-refractivity contribution is 0.0600. The van der Waals surface area contributed by atoms with Gasteiger partial charge >= 0.3 is 5.97 Å². The molecular weight excluding hydrogens is 280 g/mol. The van der Waals surface area contributed by atoms with Crippen LogP contribution in [0.3, 0.4) is 0 Å². The molecule has 0 heterocycles. The summed E-state index contributed by atoms with van der Waals surface area (Å²) in [5.74, 6) is -0.284. The van der Waals surface area contributed by atoms with E-state index in [9.17, 15) is 4.79 Å². The van der Waals surface area contributed by atoms with E-state index in [1.807, 2.05) is 18.2 Å². The van der Waals surface area contributed by atoms with Crippen LogP contribution >= 0.6 is 11.8 Å². The summed E-state index contributed by atoms with van der Waals surface area (Å²) in [6.45, 7) is 4.25. The molecule has 0 N–H and O–H groups in total. The fraction of sp³-hybridized carbons (Fsp3) is 0.278. The lowest BCUT2D eigenvalue weighted by atomic mass is 10.1. The summed E-state index contributed by atoms with van der Waals surface area (Å²) in [5.41, 5.74) is 3.12. The largest absolute Gasteiger partial charge is 0.465 e. The topological polar surface area (TPSA) is 26.3 Å². The number of methoxy groups -OCH3 is 1. The molecule has 2 nitrogen and oxygen atoms in total. The van der Waals surface area contributed by atoms with Crippen LogP contribution in [-0.4, -0.2) is 13.1 Å². The summed E-state index contributed by atoms with van der Waals surface area (Å²) in [6.07, 6.45) is 1.94. The first-order valence-electron chi connectivity index (χ1n) is 7.16. The van der Waals surface area contributed by atoms with E-state index in [1.165, 1.54) is 28.0 Å². The number of rotatable bonds is 5. The second-order valence-electron chi connectivity index (χ2n) is 4.77. The summed E-state index contributed by atoms with van der Waals surface area (Å²) in [7, 11) is 1.41. The van der Waals surface area contributed by atoms with Crippen LogP contribution in [-0.2, 0) is 17.6 Å². The summed E-state index contributed by atoms with van der Waals surface area (Å²) < 4.78 is 4.77. The minimum absolute atomic E-state index is 0.284. The maximum atomic E-state index is 11.6. The zero-order valence-electron chi connectivity index (χ0n) is 12.7. The van der Waals surface area contributed by atoms with E-state index in [2.05, 4.69) is 38.1 Å². The van der Waals surface area contributed by atoms with E-state index in [0.717, 1.165) is 12.8 Å². The maximum Gasteiger partial charge on any atom is 0.337 e. The van der Waals surface area contributed by atoms with Crippen molar-refractivity contribution in [2.24, 2.45) is 0 Å². The van der Waals surface area contributed by atoms with Gasteiger partial charge in [0.2, 0.25) is 0 Å². The Kier molecular flexibility index (Phi) is 5.45. The van der Waals surface area contributed by atoms with Gasteiger partial charge in [0, 0.05) is 9.79 Å². The van der Waals surface area contributed by atoms with Gasteiger partial charge in [0.05, 0.1) is 12.7 Å². The number of carbonyl (C=O) groups excluding carboxylic acids is 1. The highest BCUT2D eigenvalue weighted by atomic mass is 32.2. The van der Waals surface area contributed by atoms with Crippen LogP contribution in [0, 0.1) is 0 Å². The highest BCUT2D eigenvalue weighted by Gasteiger charge is 2.10. The minimum Gasteiger partial charge on any atom is -0.465 e. The zero-order valence-corrected chi connectivity index (χ0v) is 13.5. The molecule has 2 aromatic carbocycles. The fourth-order valence-corrected chi connectivity index (χ4v) is 3.12. The third-order valence-electron chi connectivity index (χ3n) is 3.42. The van der Waals surface area contributed by atoms with Crippen LogP contribution in [0.15, 0.2) is 52.3 Å². The van der Waals surface area contributed by atoms with E-state index in [1.54, 1.807) is 11.8 Å². The van der Waals surface area contributed by atoms with Crippen molar-refractivity contribution in [2.45, 2.75) is 36.5 Å². The van der Waals surface area contributed by atoms with Crippen molar-refractivity contribution >= 4 is 17.7 Å². The van der Waals surface area contributed by atoms with E-state index in [-0.39, 0.29) is 5.97 Å². The van der Waals surface area contributed by atoms with Crippen LogP contribution < -0.4 is 0 Å². The number of ether oxygens (including phenoxy) is 1. The molecule has 0 aliphatic heterocycles. The number of esters is 1. The van der Waals surface area contributed by atoms with Gasteiger partial charge in [0.1, 0.15) is 0 Å². The SMILES string of the molecule is CCc1ccc(Sc2ccc(C(=O)OC)cc2CC)cc1. The zero-order chi connectivity index (χ0) is 15.2. The first-order chi connectivity index (χ1) is 10.2. The van der Waals surface area contributed by atoms with Crippen LogP contribution in [0.25, 0.3) is 0 Å². The van der Waals surface area contributed by atoms with Crippen molar-refractivity contribution < 1.29 is 9.53 Å². The summed E-state index contributed by atoms with van der Waals surface area (Å²) in [5, 5.41) is 0. The molecule has 0 spiro atoms. The first-order valence-corrected chi connectivity index (χ1v) is 7.97. The number of hydrogen-bond acceptors (Lipinski definition) is 3. The van der Waals surface area contributed by atoms with Crippen molar-refractivity contribution in [2.75, 3.05) is 7.11 Å². The van der Waals surface area contributed by atoms with Crippen LogP contribution in [0.5, 0.6) is 0 Å². The lowest BCUT2D eigenvalue weighted by Gasteiger charge is -2.10. The Bertz CT molecular complexity index is 618. The standard InChI is InChI=1S/C18H20O2S/c1-4-13-6-9-16(10-7-13)21-17-11-8-15(18(19)20-3)12-14(17)5-2/h6-12H,4-5H2,1-3H3. The van der Waals surface area contributed by atoms with Gasteiger partial charge < -0.3 is 4.74 Å². The molecule has 0 atom stereocenters. The predicted octanol–water partition coefficient (Wildman–Crippen LogP) is 4.75. The molecule has 0 saturated carbocycles. The van der Waals surface area contributed by atoms with Gasteiger partial charge in [-0.25, -0.2) is 4.79 Å². The van der Waals surface area contributed by atoms with E-state index >= 15 is 0 Å². The Labute approximate surface area is 130 Å². The maximum absolute atomic E-state index is 11.6. The quantitative estimate of drug-likeness (QED) is 0.745. The summed E-state index contributed by atoms with van der Waals surface area (Å²) in [6, 6.07) is 14.4. The lowest BCUT2D eigenvalue weighted by Crippen LogP contribution is -2.02. The third-order valence-corrected chi connectivity index (χ3v) is 4.55. The van der Waals surface area contributed by atoms with E-state index < -0.39 is 0 Å². The molecule has 0 unspecified atom stereocenters. The first kappa shape index (κ1) is 15.6. The van der Waals surface area contributed by atoms with E-state index in [0.29, 0.717) is 5.56 Å². The van der Waals surface area contributed by atoms with Gasteiger partial charge in [-0.2, -0.15) is 0 Å². The van der Waals surface area contributed by atoms with Crippen LogP contribution in [0.1, 0.15) is 35.3 Å². The van der Waals surface area contributed by atoms with Gasteiger partial charge in [-0.05, 0) is 54.3 Å². The highest BCUT2D eigenvalue weighted by Crippen LogP contribution is 2.31. The van der Waals surface area contributed by atoms with Gasteiger partial charge in [0.15, 0.2) is 0 Å². The molecular formula is C18H20O2S. The van der Waals surface area contributed by atoms with Crippen molar-refractivity contribution in [1.82, 2.24) is 0 Å². The Morgan fingerprint density at radius 2 is 1.76 bits per heavy atom. The van der Waals surface area contributed by atoms with Gasteiger partial charge in [-0.1, -0.05) is 37.7 Å². The van der Waals surface area contributed by atoms with Crippen molar-refractivity contribution in [1.29, 1.82) is 0 Å². The van der Waals surface area contributed by atoms with Gasteiger partial charge in [-0.15, -0.1) is 0 Å². The molecule has 0 aliphatic rings. The second-order valence-corrected chi connectivity index (χ2v) is 5.88. The second kappa shape index (κ2) is 7.32. The molecule has 3 heteroatoms. The van der Waals surface area contributed by atoms with Crippen LogP contribution in [0.2, 0.25) is 0 Å². The Morgan fingerprint density at radius 3 is 2.33 bits per heavy atom. The van der Waals surface area contributed by atoms with Crippen molar-refractivity contribution in [3.63, 3.8) is 0 Å². The molecule has 2 rings (SSSR count). The number of aryl methyl sites for hydroxylation is 2. The molecule has 0 radical (unpaired) electrons. The van der Waals surface area contributed by atoms with Crippen molar-refractivity contribution in [3.05, 3.63) is 59.2 Å². The average molecular weight is 300 g/mol. The minimum atomic E-state index is -0.284. The highest BCUT2D eigenvalue weighted by molar-refractivity contribution is 7.99. The molecule has 0 aliphatic carbocycles. The van der Waals surface area contributed by atoms with Gasteiger partial charge in [-0.3, -0.25) is 0 Å². The molecule has 0 bridgehead atoms. The third kappa shape index (κ3) is 3.88. The molecule has 0 fully saturated rings. The summed E-state index contributed by atoms with van der Waals surface area (Å²) >= 11 is 1.73. The van der Waals surface area contributed by atoms with Crippen LogP contribution in [0.4, 0.5) is 0 Å². The molecule has 110 valence electrons. The molecule has 0 amide bonds. The van der Waals surface area contributed by atoms with E-state index in [4.69, 9.17) is 4.74 Å². The Morgan fingerprint density at radius 1 is 1.05 bits per heavy atom. The number of carbonyl (C=O) groups is 1. The fourth-order valence-electron chi connectivity index (χ4n) is 2.12. The Balaban J connectivity index is 2.24. The average Bonchev–Trinajstić information content (AvgIpc) is 2.55. The molecule has 21 heavy (non-hydrogen) atoms. The molecule has 2 aromatic rings. The normalized spacial score (nSPS) is 10.4. The molecule has 0 saturated heterocycles. The smallest absolute Gasteiger partial charge is 0.337 e.